The van der Waals surface area contributed by atoms with Gasteiger partial charge in [0.15, 0.2) is 6.29 Å². The molecule has 0 aliphatic carbocycles. The van der Waals surface area contributed by atoms with Crippen LogP contribution in [0.25, 0.3) is 0 Å². The summed E-state index contributed by atoms with van der Waals surface area (Å²) in [6.45, 7) is 4.53. The maximum Gasteiger partial charge on any atom is 0.306 e. The molecule has 0 saturated carbocycles. The Morgan fingerprint density at radius 3 is 1.44 bits per heavy atom. The van der Waals surface area contributed by atoms with Crippen LogP contribution in [0.3, 0.4) is 0 Å². The molecule has 1 saturated heterocycles. The molecule has 1 rings (SSSR count). The smallest absolute Gasteiger partial charge is 0.306 e. The molecule has 0 bridgehead atoms. The minimum atomic E-state index is -1.53. The first-order valence-corrected chi connectivity index (χ1v) is 25.3. The molecule has 0 amide bonds. The van der Waals surface area contributed by atoms with Gasteiger partial charge in [0.05, 0.1) is 19.8 Å². The normalized spacial score (nSPS) is 20.1. The highest BCUT2D eigenvalue weighted by Crippen LogP contribution is 2.23. The van der Waals surface area contributed by atoms with Crippen LogP contribution < -0.4 is 0 Å². The van der Waals surface area contributed by atoms with Crippen LogP contribution in [-0.2, 0) is 23.7 Å². The zero-order valence-electron chi connectivity index (χ0n) is 38.5. The van der Waals surface area contributed by atoms with Crippen molar-refractivity contribution < 1.29 is 44.2 Å². The van der Waals surface area contributed by atoms with E-state index in [4.69, 9.17) is 18.9 Å². The van der Waals surface area contributed by atoms with Crippen molar-refractivity contribution in [1.82, 2.24) is 0 Å². The van der Waals surface area contributed by atoms with Gasteiger partial charge in [-0.2, -0.15) is 0 Å². The first kappa shape index (κ1) is 55.9. The van der Waals surface area contributed by atoms with Crippen LogP contribution in [-0.4, -0.2) is 89.6 Å². The van der Waals surface area contributed by atoms with E-state index in [2.05, 4.69) is 26.0 Å². The standard InChI is InChI=1S/C50H96O9/c1-3-5-7-9-11-13-15-16-17-18-19-20-21-22-23-24-25-26-27-28-29-30-32-34-36-38-40-56-42-44(43-57-50-49(55)48(54)47(53)45(41-51)59-50)58-46(52)39-37-35-33-31-14-12-10-8-6-4-2/h8,10,44-45,47-51,53-55H,3-7,9,11-43H2,1-2H3/b10-8-. The van der Waals surface area contributed by atoms with Crippen molar-refractivity contribution in [2.75, 3.05) is 26.4 Å². The third kappa shape index (κ3) is 33.2. The second-order valence-electron chi connectivity index (χ2n) is 17.6. The Balaban J connectivity index is 2.09. The monoisotopic (exact) mass is 841 g/mol. The number of aliphatic hydroxyl groups excluding tert-OH is 4. The number of allylic oxidation sites excluding steroid dienone is 2. The van der Waals surface area contributed by atoms with Gasteiger partial charge in [-0.1, -0.05) is 212 Å². The lowest BCUT2D eigenvalue weighted by Crippen LogP contribution is -2.59. The van der Waals surface area contributed by atoms with Crippen molar-refractivity contribution in [2.24, 2.45) is 0 Å². The van der Waals surface area contributed by atoms with Gasteiger partial charge < -0.3 is 39.4 Å². The molecule has 9 heteroatoms. The quantitative estimate of drug-likeness (QED) is 0.0269. The van der Waals surface area contributed by atoms with Gasteiger partial charge >= 0.3 is 5.97 Å². The Hall–Kier alpha value is -1.07. The predicted octanol–water partition coefficient (Wildman–Crippen LogP) is 12.0. The number of rotatable bonds is 44. The van der Waals surface area contributed by atoms with E-state index in [1.165, 1.54) is 167 Å². The van der Waals surface area contributed by atoms with E-state index in [0.717, 1.165) is 51.4 Å². The molecule has 1 fully saturated rings. The van der Waals surface area contributed by atoms with E-state index in [1.54, 1.807) is 0 Å². The summed E-state index contributed by atoms with van der Waals surface area (Å²) >= 11 is 0. The van der Waals surface area contributed by atoms with Crippen LogP contribution >= 0.6 is 0 Å². The highest BCUT2D eigenvalue weighted by atomic mass is 16.7. The van der Waals surface area contributed by atoms with Crippen LogP contribution in [0.4, 0.5) is 0 Å². The summed E-state index contributed by atoms with van der Waals surface area (Å²) in [7, 11) is 0. The Bertz CT molecular complexity index is 915. The van der Waals surface area contributed by atoms with Gasteiger partial charge in [0.1, 0.15) is 30.5 Å². The highest BCUT2D eigenvalue weighted by Gasteiger charge is 2.44. The van der Waals surface area contributed by atoms with Gasteiger partial charge in [-0.15, -0.1) is 0 Å². The van der Waals surface area contributed by atoms with E-state index < -0.39 is 43.4 Å². The van der Waals surface area contributed by atoms with Crippen LogP contribution in [0.2, 0.25) is 0 Å². The Labute approximate surface area is 363 Å². The minimum Gasteiger partial charge on any atom is -0.457 e. The number of hydrogen-bond acceptors (Lipinski definition) is 9. The van der Waals surface area contributed by atoms with Gasteiger partial charge in [0.2, 0.25) is 0 Å². The molecule has 0 aromatic heterocycles. The molecule has 1 aliphatic rings. The molecule has 1 heterocycles. The van der Waals surface area contributed by atoms with Gasteiger partial charge in [0.25, 0.3) is 0 Å². The van der Waals surface area contributed by atoms with Gasteiger partial charge in [-0.05, 0) is 32.1 Å². The molecular weight excluding hydrogens is 745 g/mol. The van der Waals surface area contributed by atoms with Crippen molar-refractivity contribution in [3.8, 4) is 0 Å². The van der Waals surface area contributed by atoms with Crippen molar-refractivity contribution in [3.05, 3.63) is 12.2 Å². The maximum absolute atomic E-state index is 12.7. The van der Waals surface area contributed by atoms with E-state index in [0.29, 0.717) is 13.0 Å². The molecule has 0 spiro atoms. The fourth-order valence-corrected chi connectivity index (χ4v) is 7.97. The molecule has 0 aromatic carbocycles. The first-order valence-electron chi connectivity index (χ1n) is 25.3. The lowest BCUT2D eigenvalue weighted by atomic mass is 9.99. The fraction of sp³-hybridized carbons (Fsp3) is 0.940. The SMILES string of the molecule is CCC/C=C\CCCCCCCC(=O)OC(COCCCCCCCCCCCCCCCCCCCCCCCCCCCC)COC1OC(CO)C(O)C(O)C1O. The molecule has 350 valence electrons. The number of carbonyl (C=O) groups is 1. The molecule has 0 aromatic rings. The second-order valence-corrected chi connectivity index (χ2v) is 17.6. The van der Waals surface area contributed by atoms with Crippen LogP contribution in [0.1, 0.15) is 239 Å². The van der Waals surface area contributed by atoms with Crippen LogP contribution in [0.15, 0.2) is 12.2 Å². The van der Waals surface area contributed by atoms with Crippen LogP contribution in [0.5, 0.6) is 0 Å². The molecule has 0 radical (unpaired) electrons. The van der Waals surface area contributed by atoms with Crippen molar-refractivity contribution >= 4 is 5.97 Å². The molecule has 4 N–H and O–H groups in total. The zero-order valence-corrected chi connectivity index (χ0v) is 38.5. The third-order valence-corrected chi connectivity index (χ3v) is 11.9. The predicted molar refractivity (Wildman–Crippen MR) is 243 cm³/mol. The number of esters is 1. The number of ether oxygens (including phenoxy) is 4. The summed E-state index contributed by atoms with van der Waals surface area (Å²) in [6, 6.07) is 0. The summed E-state index contributed by atoms with van der Waals surface area (Å²) in [5, 5.41) is 40.1. The number of aliphatic hydroxyl groups is 4. The first-order chi connectivity index (χ1) is 28.9. The lowest BCUT2D eigenvalue weighted by molar-refractivity contribution is -0.305. The van der Waals surface area contributed by atoms with Crippen LogP contribution in [0, 0.1) is 0 Å². The van der Waals surface area contributed by atoms with Crippen molar-refractivity contribution in [2.45, 2.75) is 275 Å². The van der Waals surface area contributed by atoms with Gasteiger partial charge in [-0.25, -0.2) is 0 Å². The highest BCUT2D eigenvalue weighted by molar-refractivity contribution is 5.69. The van der Waals surface area contributed by atoms with Gasteiger partial charge in [-0.3, -0.25) is 4.79 Å². The molecule has 9 nitrogen and oxygen atoms in total. The molecule has 59 heavy (non-hydrogen) atoms. The summed E-state index contributed by atoms with van der Waals surface area (Å²) in [5.41, 5.74) is 0. The average Bonchev–Trinajstić information content (AvgIpc) is 3.24. The van der Waals surface area contributed by atoms with Crippen molar-refractivity contribution in [1.29, 1.82) is 0 Å². The molecule has 6 unspecified atom stereocenters. The third-order valence-electron chi connectivity index (χ3n) is 11.9. The number of hydrogen-bond donors (Lipinski definition) is 4. The number of carbonyl (C=O) groups excluding carboxylic acids is 1. The second kappa shape index (κ2) is 42.2. The lowest BCUT2D eigenvalue weighted by Gasteiger charge is -2.39. The van der Waals surface area contributed by atoms with Crippen molar-refractivity contribution in [3.63, 3.8) is 0 Å². The molecule has 1 aliphatic heterocycles. The summed E-state index contributed by atoms with van der Waals surface area (Å²) < 4.78 is 22.8. The molecule has 6 atom stereocenters. The molecular formula is C50H96O9. The largest absolute Gasteiger partial charge is 0.457 e. The fourth-order valence-electron chi connectivity index (χ4n) is 7.97. The summed E-state index contributed by atoms with van der Waals surface area (Å²) in [6.07, 6.45) is 41.3. The maximum atomic E-state index is 12.7. The van der Waals surface area contributed by atoms with Gasteiger partial charge in [0, 0.05) is 13.0 Å². The summed E-state index contributed by atoms with van der Waals surface area (Å²) in [5.74, 6) is -0.321. The Morgan fingerprint density at radius 2 is 0.966 bits per heavy atom. The topological polar surface area (TPSA) is 135 Å². The van der Waals surface area contributed by atoms with E-state index in [1.807, 2.05) is 0 Å². The zero-order chi connectivity index (χ0) is 42.9. The average molecular weight is 841 g/mol. The van der Waals surface area contributed by atoms with E-state index >= 15 is 0 Å². The van der Waals surface area contributed by atoms with E-state index in [-0.39, 0.29) is 19.2 Å². The number of unbranched alkanes of at least 4 members (excludes halogenated alkanes) is 31. The van der Waals surface area contributed by atoms with E-state index in [9.17, 15) is 25.2 Å². The summed E-state index contributed by atoms with van der Waals surface area (Å²) in [4.78, 5) is 12.7. The minimum absolute atomic E-state index is 0.112. The Morgan fingerprint density at radius 1 is 0.525 bits per heavy atom. The Kier molecular flexibility index (Phi) is 40.1.